The molecular weight excluding hydrogens is 495 g/mol. The molecule has 0 amide bonds. The molecule has 1 aromatic heterocycles. The molecule has 0 saturated carbocycles. The van der Waals surface area contributed by atoms with E-state index in [1.807, 2.05) is 12.1 Å². The topological polar surface area (TPSA) is 18.5 Å². The fourth-order valence-corrected chi connectivity index (χ4v) is 5.19. The van der Waals surface area contributed by atoms with Crippen molar-refractivity contribution in [2.75, 3.05) is 13.2 Å². The first-order chi connectivity index (χ1) is 9.56. The van der Waals surface area contributed by atoms with Gasteiger partial charge >= 0.3 is 0 Å². The molecular formula is C13H8Br3ClO2S. The van der Waals surface area contributed by atoms with Gasteiger partial charge in [0, 0.05) is 20.4 Å². The van der Waals surface area contributed by atoms with Gasteiger partial charge in [0.25, 0.3) is 0 Å². The molecule has 1 aliphatic rings. The number of hydrogen-bond acceptors (Lipinski definition) is 3. The number of hydrogen-bond donors (Lipinski definition) is 0. The number of thiophene rings is 1. The molecule has 0 N–H and O–H groups in total. The van der Waals surface area contributed by atoms with E-state index in [0.717, 1.165) is 24.4 Å². The average Bonchev–Trinajstić information content (AvgIpc) is 2.77. The normalized spacial score (nSPS) is 15.2. The van der Waals surface area contributed by atoms with Gasteiger partial charge in [0.2, 0.25) is 0 Å². The molecule has 2 heterocycles. The molecule has 0 bridgehead atoms. The number of alkyl halides is 1. The maximum Gasteiger partial charge on any atom is 0.162 e. The Balaban J connectivity index is 2.00. The molecule has 106 valence electrons. The number of halogens is 4. The SMILES string of the molecule is Clc1cc2c(cc1C(Br)c1cc(Br)c(Br)s1)OCCO2. The van der Waals surface area contributed by atoms with Crippen LogP contribution in [0.1, 0.15) is 15.3 Å². The van der Waals surface area contributed by atoms with Crippen LogP contribution in [0.5, 0.6) is 11.5 Å². The first-order valence-corrected chi connectivity index (χ1v) is 9.43. The van der Waals surface area contributed by atoms with Crippen molar-refractivity contribution in [3.8, 4) is 11.5 Å². The third-order valence-electron chi connectivity index (χ3n) is 2.85. The maximum atomic E-state index is 6.37. The summed E-state index contributed by atoms with van der Waals surface area (Å²) in [6, 6.07) is 5.83. The fraction of sp³-hybridized carbons (Fsp3) is 0.231. The maximum absolute atomic E-state index is 6.37. The average molecular weight is 503 g/mol. The van der Waals surface area contributed by atoms with Crippen molar-refractivity contribution >= 4 is 70.7 Å². The Morgan fingerprint density at radius 3 is 2.35 bits per heavy atom. The summed E-state index contributed by atoms with van der Waals surface area (Å²) in [7, 11) is 0. The molecule has 1 aliphatic heterocycles. The van der Waals surface area contributed by atoms with E-state index < -0.39 is 0 Å². The Morgan fingerprint density at radius 2 is 1.75 bits per heavy atom. The fourth-order valence-electron chi connectivity index (χ4n) is 1.92. The zero-order valence-corrected chi connectivity index (χ0v) is 16.3. The molecule has 7 heteroatoms. The van der Waals surface area contributed by atoms with E-state index in [9.17, 15) is 0 Å². The van der Waals surface area contributed by atoms with Crippen molar-refractivity contribution in [1.82, 2.24) is 0 Å². The van der Waals surface area contributed by atoms with Crippen LogP contribution in [0.25, 0.3) is 0 Å². The predicted octanol–water partition coefficient (Wildman–Crippen LogP) is 6.18. The molecule has 20 heavy (non-hydrogen) atoms. The summed E-state index contributed by atoms with van der Waals surface area (Å²) in [5, 5.41) is 0.664. The van der Waals surface area contributed by atoms with Gasteiger partial charge in [-0.2, -0.15) is 0 Å². The Labute approximate surface area is 150 Å². The van der Waals surface area contributed by atoms with Crippen molar-refractivity contribution in [2.24, 2.45) is 0 Å². The van der Waals surface area contributed by atoms with Crippen molar-refractivity contribution in [1.29, 1.82) is 0 Å². The summed E-state index contributed by atoms with van der Waals surface area (Å²) in [5.74, 6) is 1.45. The lowest BCUT2D eigenvalue weighted by Crippen LogP contribution is -2.15. The summed E-state index contributed by atoms with van der Waals surface area (Å²) in [6.07, 6.45) is 0. The molecule has 3 rings (SSSR count). The zero-order valence-electron chi connectivity index (χ0n) is 9.96. The summed E-state index contributed by atoms with van der Waals surface area (Å²) in [5.41, 5.74) is 0.970. The van der Waals surface area contributed by atoms with Gasteiger partial charge in [0.05, 0.1) is 8.61 Å². The van der Waals surface area contributed by atoms with Gasteiger partial charge in [-0.25, -0.2) is 0 Å². The minimum atomic E-state index is 0.0124. The second-order valence-corrected chi connectivity index (χ2v) is 8.73. The standard InChI is InChI=1S/C13H8Br3ClO2S/c14-7-4-11(20-13(7)16)12(15)6-3-9-10(5-8(6)17)19-2-1-18-9/h3-5,12H,1-2H2. The Bertz CT molecular complexity index is 640. The largest absolute Gasteiger partial charge is 0.486 e. The molecule has 0 spiro atoms. The van der Waals surface area contributed by atoms with Gasteiger partial charge in [-0.3, -0.25) is 0 Å². The van der Waals surface area contributed by atoms with Crippen molar-refractivity contribution in [2.45, 2.75) is 4.83 Å². The monoisotopic (exact) mass is 500 g/mol. The van der Waals surface area contributed by atoms with Crippen molar-refractivity contribution in [3.05, 3.63) is 41.9 Å². The first kappa shape index (κ1) is 15.2. The zero-order chi connectivity index (χ0) is 14.3. The second-order valence-electron chi connectivity index (χ2n) is 4.15. The highest BCUT2D eigenvalue weighted by molar-refractivity contribution is 9.13. The molecule has 2 nitrogen and oxygen atoms in total. The van der Waals surface area contributed by atoms with E-state index in [1.165, 1.54) is 0 Å². The van der Waals surface area contributed by atoms with Gasteiger partial charge in [-0.15, -0.1) is 11.3 Å². The minimum Gasteiger partial charge on any atom is -0.486 e. The quantitative estimate of drug-likeness (QED) is 0.456. The Kier molecular flexibility index (Phi) is 4.67. The predicted molar refractivity (Wildman–Crippen MR) is 92.9 cm³/mol. The number of ether oxygens (including phenoxy) is 2. The summed E-state index contributed by atoms with van der Waals surface area (Å²) < 4.78 is 13.2. The first-order valence-electron chi connectivity index (χ1n) is 5.74. The van der Waals surface area contributed by atoms with Crippen LogP contribution in [-0.4, -0.2) is 13.2 Å². The lowest BCUT2D eigenvalue weighted by Gasteiger charge is -2.21. The molecule has 0 aliphatic carbocycles. The molecule has 0 radical (unpaired) electrons. The third kappa shape index (κ3) is 2.90. The minimum absolute atomic E-state index is 0.0124. The van der Waals surface area contributed by atoms with Gasteiger partial charge in [-0.1, -0.05) is 27.5 Å². The Hall–Kier alpha value is 0.250. The molecule has 1 atom stereocenters. The highest BCUT2D eigenvalue weighted by Crippen LogP contribution is 2.46. The van der Waals surface area contributed by atoms with Crippen LogP contribution in [0.4, 0.5) is 0 Å². The molecule has 0 saturated heterocycles. The summed E-state index contributed by atoms with van der Waals surface area (Å²) in [4.78, 5) is 1.17. The summed E-state index contributed by atoms with van der Waals surface area (Å²) >= 11 is 18.7. The highest BCUT2D eigenvalue weighted by atomic mass is 79.9. The molecule has 0 fully saturated rings. The van der Waals surface area contributed by atoms with E-state index in [4.69, 9.17) is 21.1 Å². The molecule has 2 aromatic rings. The van der Waals surface area contributed by atoms with Crippen LogP contribution in [0.3, 0.4) is 0 Å². The van der Waals surface area contributed by atoms with Crippen LogP contribution in [0.15, 0.2) is 26.5 Å². The van der Waals surface area contributed by atoms with E-state index >= 15 is 0 Å². The van der Waals surface area contributed by atoms with E-state index in [0.29, 0.717) is 24.0 Å². The van der Waals surface area contributed by atoms with Crippen molar-refractivity contribution < 1.29 is 9.47 Å². The molecule has 1 unspecified atom stereocenters. The summed E-state index contributed by atoms with van der Waals surface area (Å²) in [6.45, 7) is 1.13. The van der Waals surface area contributed by atoms with Crippen LogP contribution in [-0.2, 0) is 0 Å². The van der Waals surface area contributed by atoms with Gasteiger partial charge in [-0.05, 0) is 49.6 Å². The van der Waals surface area contributed by atoms with Gasteiger partial charge in [0.15, 0.2) is 11.5 Å². The lowest BCUT2D eigenvalue weighted by molar-refractivity contribution is 0.171. The van der Waals surface area contributed by atoms with E-state index in [2.05, 4.69) is 53.9 Å². The lowest BCUT2D eigenvalue weighted by atomic mass is 10.1. The number of fused-ring (bicyclic) bond motifs is 1. The highest BCUT2D eigenvalue weighted by Gasteiger charge is 2.22. The molecule has 1 aromatic carbocycles. The van der Waals surface area contributed by atoms with E-state index in [1.54, 1.807) is 11.3 Å². The second kappa shape index (κ2) is 6.16. The Morgan fingerprint density at radius 1 is 1.10 bits per heavy atom. The number of benzene rings is 1. The van der Waals surface area contributed by atoms with Crippen LogP contribution in [0.2, 0.25) is 5.02 Å². The van der Waals surface area contributed by atoms with Crippen LogP contribution < -0.4 is 9.47 Å². The van der Waals surface area contributed by atoms with Crippen LogP contribution >= 0.6 is 70.7 Å². The van der Waals surface area contributed by atoms with Crippen molar-refractivity contribution in [3.63, 3.8) is 0 Å². The van der Waals surface area contributed by atoms with Gasteiger partial charge < -0.3 is 9.47 Å². The third-order valence-corrected chi connectivity index (χ3v) is 7.79. The van der Waals surface area contributed by atoms with Gasteiger partial charge in [0.1, 0.15) is 13.2 Å². The van der Waals surface area contributed by atoms with E-state index in [-0.39, 0.29) is 4.83 Å². The number of rotatable bonds is 2. The van der Waals surface area contributed by atoms with Crippen LogP contribution in [0, 0.1) is 0 Å². The smallest absolute Gasteiger partial charge is 0.162 e.